The van der Waals surface area contributed by atoms with E-state index in [1.807, 2.05) is 6.07 Å². The fraction of sp³-hybridized carbons (Fsp3) is 0.333. The Morgan fingerprint density at radius 3 is 3.00 bits per heavy atom. The Bertz CT molecular complexity index is 513. The third-order valence-electron chi connectivity index (χ3n) is 2.73. The number of hydrogen-bond acceptors (Lipinski definition) is 5. The number of nitrogens with zero attached hydrogens (tertiary/aromatic N) is 1. The van der Waals surface area contributed by atoms with E-state index in [4.69, 9.17) is 15.1 Å². The van der Waals surface area contributed by atoms with Gasteiger partial charge >= 0.3 is 5.97 Å². The van der Waals surface area contributed by atoms with Crippen LogP contribution in [0.4, 0.5) is 0 Å². The van der Waals surface area contributed by atoms with Gasteiger partial charge in [-0.15, -0.1) is 11.8 Å². The van der Waals surface area contributed by atoms with Gasteiger partial charge < -0.3 is 9.84 Å². The number of methoxy groups -OCH3 is 1. The maximum absolute atomic E-state index is 10.9. The zero-order valence-corrected chi connectivity index (χ0v) is 10.5. The summed E-state index contributed by atoms with van der Waals surface area (Å²) in [6.07, 6.45) is 0. The van der Waals surface area contributed by atoms with Crippen LogP contribution in [0.2, 0.25) is 0 Å². The number of benzene rings is 1. The van der Waals surface area contributed by atoms with Crippen molar-refractivity contribution in [2.24, 2.45) is 0 Å². The topological polar surface area (TPSA) is 82.3 Å². The van der Waals surface area contributed by atoms with Crippen molar-refractivity contribution in [3.63, 3.8) is 0 Å². The molecular formula is C12H12N2O3S. The molecule has 0 aromatic heterocycles. The van der Waals surface area contributed by atoms with E-state index in [9.17, 15) is 4.79 Å². The van der Waals surface area contributed by atoms with Crippen molar-refractivity contribution in [3.8, 4) is 11.8 Å². The molecular weight excluding hydrogens is 252 g/mol. The Hall–Kier alpha value is -1.71. The first-order valence-corrected chi connectivity index (χ1v) is 6.39. The molecule has 5 nitrogen and oxygen atoms in total. The zero-order valence-electron chi connectivity index (χ0n) is 9.71. The first-order chi connectivity index (χ1) is 8.65. The summed E-state index contributed by atoms with van der Waals surface area (Å²) in [7, 11) is 1.51. The van der Waals surface area contributed by atoms with Gasteiger partial charge in [0.2, 0.25) is 0 Å². The number of rotatable bonds is 3. The van der Waals surface area contributed by atoms with Crippen molar-refractivity contribution < 1.29 is 14.6 Å². The predicted molar refractivity (Wildman–Crippen MR) is 67.5 cm³/mol. The van der Waals surface area contributed by atoms with E-state index in [1.54, 1.807) is 12.1 Å². The minimum absolute atomic E-state index is 0.0934. The average molecular weight is 264 g/mol. The lowest BCUT2D eigenvalue weighted by molar-refractivity contribution is -0.138. The highest BCUT2D eigenvalue weighted by atomic mass is 32.2. The Labute approximate surface area is 109 Å². The largest absolute Gasteiger partial charge is 0.495 e. The first-order valence-electron chi connectivity index (χ1n) is 5.34. The van der Waals surface area contributed by atoms with Crippen LogP contribution in [0.5, 0.6) is 5.75 Å². The fourth-order valence-electron chi connectivity index (χ4n) is 1.78. The minimum Gasteiger partial charge on any atom is -0.495 e. The molecule has 1 fully saturated rings. The summed E-state index contributed by atoms with van der Waals surface area (Å²) in [5, 5.41) is 20.8. The van der Waals surface area contributed by atoms with Crippen LogP contribution >= 0.6 is 11.8 Å². The lowest BCUT2D eigenvalue weighted by Crippen LogP contribution is -2.33. The molecule has 94 valence electrons. The molecule has 1 saturated heterocycles. The maximum atomic E-state index is 10.9. The van der Waals surface area contributed by atoms with E-state index in [0.29, 0.717) is 17.1 Å². The van der Waals surface area contributed by atoms with Crippen molar-refractivity contribution in [2.45, 2.75) is 11.4 Å². The molecule has 0 radical (unpaired) electrons. The second-order valence-electron chi connectivity index (χ2n) is 3.84. The van der Waals surface area contributed by atoms with Gasteiger partial charge in [-0.25, -0.2) is 0 Å². The first kappa shape index (κ1) is 12.7. The molecule has 18 heavy (non-hydrogen) atoms. The lowest BCUT2D eigenvalue weighted by atomic mass is 10.1. The Balaban J connectivity index is 2.21. The summed E-state index contributed by atoms with van der Waals surface area (Å²) < 4.78 is 5.07. The summed E-state index contributed by atoms with van der Waals surface area (Å²) in [4.78, 5) is 10.9. The van der Waals surface area contributed by atoms with E-state index in [2.05, 4.69) is 11.4 Å². The molecule has 0 saturated carbocycles. The van der Waals surface area contributed by atoms with Crippen molar-refractivity contribution >= 4 is 17.7 Å². The molecule has 0 aliphatic carbocycles. The number of ether oxygens (including phenoxy) is 1. The number of carbonyl (C=O) groups is 1. The van der Waals surface area contributed by atoms with Gasteiger partial charge in [0.25, 0.3) is 0 Å². The molecule has 1 heterocycles. The van der Waals surface area contributed by atoms with Crippen molar-refractivity contribution in [1.29, 1.82) is 5.26 Å². The minimum atomic E-state index is -0.848. The lowest BCUT2D eigenvalue weighted by Gasteiger charge is -2.12. The zero-order chi connectivity index (χ0) is 13.1. The molecule has 1 aliphatic heterocycles. The Kier molecular flexibility index (Phi) is 3.75. The van der Waals surface area contributed by atoms with E-state index in [1.165, 1.54) is 18.9 Å². The number of aliphatic carboxylic acids is 1. The van der Waals surface area contributed by atoms with Gasteiger partial charge in [-0.1, -0.05) is 6.07 Å². The molecule has 1 aliphatic rings. The number of nitrogens with one attached hydrogen (secondary N) is 1. The van der Waals surface area contributed by atoms with Gasteiger partial charge in [0.15, 0.2) is 0 Å². The van der Waals surface area contributed by atoms with Crippen LogP contribution in [0.3, 0.4) is 0 Å². The molecule has 0 amide bonds. The van der Waals surface area contributed by atoms with E-state index in [0.717, 1.165) is 5.56 Å². The van der Waals surface area contributed by atoms with Crippen LogP contribution in [0, 0.1) is 11.3 Å². The number of thioether (sulfide) groups is 1. The number of carboxylic acids is 1. The third kappa shape index (κ3) is 2.42. The quantitative estimate of drug-likeness (QED) is 0.857. The Morgan fingerprint density at radius 1 is 1.67 bits per heavy atom. The normalized spacial score (nSPS) is 22.4. The SMILES string of the molecule is COc1ccc(C2N[C@@H](C(=O)O)CS2)cc1C#N. The highest BCUT2D eigenvalue weighted by Crippen LogP contribution is 2.34. The molecule has 1 aromatic carbocycles. The monoisotopic (exact) mass is 264 g/mol. The van der Waals surface area contributed by atoms with Crippen LogP contribution in [0.25, 0.3) is 0 Å². The number of carboxylic acid groups (broad SMARTS) is 1. The van der Waals surface area contributed by atoms with Gasteiger partial charge in [0.05, 0.1) is 18.0 Å². The van der Waals surface area contributed by atoms with Crippen LogP contribution in [0.1, 0.15) is 16.5 Å². The van der Waals surface area contributed by atoms with Gasteiger partial charge in [-0.05, 0) is 17.7 Å². The van der Waals surface area contributed by atoms with Crippen molar-refractivity contribution in [3.05, 3.63) is 29.3 Å². The maximum Gasteiger partial charge on any atom is 0.321 e. The van der Waals surface area contributed by atoms with Crippen LogP contribution < -0.4 is 10.1 Å². The van der Waals surface area contributed by atoms with E-state index < -0.39 is 12.0 Å². The summed E-state index contributed by atoms with van der Waals surface area (Å²) in [5.41, 5.74) is 1.34. The fourth-order valence-corrected chi connectivity index (χ4v) is 3.01. The molecule has 1 unspecified atom stereocenters. The standard InChI is InChI=1S/C12H12N2O3S/c1-17-10-3-2-7(4-8(10)5-13)11-14-9(6-18-11)12(15)16/h2-4,9,11,14H,6H2,1H3,(H,15,16)/t9-,11?/m1/s1. The average Bonchev–Trinajstić information content (AvgIpc) is 2.87. The Morgan fingerprint density at radius 2 is 2.44 bits per heavy atom. The highest BCUT2D eigenvalue weighted by Gasteiger charge is 2.30. The molecule has 1 aromatic rings. The molecule has 6 heteroatoms. The van der Waals surface area contributed by atoms with Gasteiger partial charge in [-0.2, -0.15) is 5.26 Å². The number of hydrogen-bond donors (Lipinski definition) is 2. The summed E-state index contributed by atoms with van der Waals surface area (Å²) >= 11 is 1.52. The third-order valence-corrected chi connectivity index (χ3v) is 3.99. The van der Waals surface area contributed by atoms with Crippen molar-refractivity contribution in [1.82, 2.24) is 5.32 Å². The second kappa shape index (κ2) is 5.29. The summed E-state index contributed by atoms with van der Waals surface area (Å²) in [5.74, 6) is 0.200. The van der Waals surface area contributed by atoms with E-state index in [-0.39, 0.29) is 5.37 Å². The smallest absolute Gasteiger partial charge is 0.321 e. The van der Waals surface area contributed by atoms with Gasteiger partial charge in [-0.3, -0.25) is 10.1 Å². The molecule has 0 spiro atoms. The number of nitriles is 1. The highest BCUT2D eigenvalue weighted by molar-refractivity contribution is 7.99. The molecule has 0 bridgehead atoms. The van der Waals surface area contributed by atoms with Crippen LogP contribution in [-0.2, 0) is 4.79 Å². The van der Waals surface area contributed by atoms with E-state index >= 15 is 0 Å². The predicted octanol–water partition coefficient (Wildman–Crippen LogP) is 1.36. The molecule has 2 rings (SSSR count). The van der Waals surface area contributed by atoms with Crippen molar-refractivity contribution in [2.75, 3.05) is 12.9 Å². The second-order valence-corrected chi connectivity index (χ2v) is 4.98. The van der Waals surface area contributed by atoms with Crippen LogP contribution in [-0.4, -0.2) is 30.0 Å². The summed E-state index contributed by atoms with van der Waals surface area (Å²) in [6.45, 7) is 0. The molecule has 2 N–H and O–H groups in total. The van der Waals surface area contributed by atoms with Crippen LogP contribution in [0.15, 0.2) is 18.2 Å². The van der Waals surface area contributed by atoms with Gasteiger partial charge in [0.1, 0.15) is 17.9 Å². The van der Waals surface area contributed by atoms with Gasteiger partial charge in [0, 0.05) is 5.75 Å². The summed E-state index contributed by atoms with van der Waals surface area (Å²) in [6, 6.07) is 6.83. The molecule has 2 atom stereocenters.